The molecule has 3 aromatic rings. The van der Waals surface area contributed by atoms with Crippen molar-refractivity contribution in [3.8, 4) is 23.0 Å². The summed E-state index contributed by atoms with van der Waals surface area (Å²) in [4.78, 5) is 25.7. The van der Waals surface area contributed by atoms with Crippen LogP contribution in [-0.4, -0.2) is 53.5 Å². The van der Waals surface area contributed by atoms with E-state index in [1.165, 1.54) is 37.4 Å². The number of methoxy groups -OCH3 is 1. The van der Waals surface area contributed by atoms with Crippen molar-refractivity contribution in [1.29, 1.82) is 0 Å². The van der Waals surface area contributed by atoms with E-state index < -0.39 is 41.4 Å². The van der Waals surface area contributed by atoms with Gasteiger partial charge in [0, 0.05) is 18.1 Å². The first kappa shape index (κ1) is 34.8. The van der Waals surface area contributed by atoms with E-state index in [9.17, 15) is 32.0 Å². The molecule has 0 radical (unpaired) electrons. The average molecular weight is 706 g/mol. The molecule has 248 valence electrons. The number of halogens is 4. The molecular formula is C29H27Cl2F2NO11S. The summed E-state index contributed by atoms with van der Waals surface area (Å²) in [5, 5.41) is 11.7. The van der Waals surface area contributed by atoms with Gasteiger partial charge in [-0.25, -0.2) is 9.59 Å². The van der Waals surface area contributed by atoms with Gasteiger partial charge in [-0.1, -0.05) is 29.3 Å². The van der Waals surface area contributed by atoms with Crippen molar-refractivity contribution in [1.82, 2.24) is 0 Å². The maximum absolute atomic E-state index is 13.1. The van der Waals surface area contributed by atoms with E-state index in [-0.39, 0.29) is 68.7 Å². The van der Waals surface area contributed by atoms with Crippen LogP contribution in [0.1, 0.15) is 40.4 Å². The maximum atomic E-state index is 13.1. The topological polar surface area (TPSA) is 151 Å². The fourth-order valence-electron chi connectivity index (χ4n) is 4.09. The molecule has 1 fully saturated rings. The Kier molecular flexibility index (Phi) is 11.3. The zero-order valence-corrected chi connectivity index (χ0v) is 26.6. The van der Waals surface area contributed by atoms with Gasteiger partial charge in [0.15, 0.2) is 42.0 Å². The molecule has 1 aliphatic rings. The lowest BCUT2D eigenvalue weighted by molar-refractivity contribution is -0.605. The second-order valence-electron chi connectivity index (χ2n) is 10.0. The molecule has 0 saturated heterocycles. The fourth-order valence-corrected chi connectivity index (χ4v) is 5.15. The number of hydrogen-bond acceptors (Lipinski definition) is 11. The highest BCUT2D eigenvalue weighted by molar-refractivity contribution is 7.86. The van der Waals surface area contributed by atoms with Crippen LogP contribution in [0.4, 0.5) is 8.78 Å². The number of benzene rings is 2. The minimum absolute atomic E-state index is 0.0218. The predicted molar refractivity (Wildman–Crippen MR) is 158 cm³/mol. The van der Waals surface area contributed by atoms with Crippen molar-refractivity contribution in [3.05, 3.63) is 80.7 Å². The van der Waals surface area contributed by atoms with Crippen LogP contribution in [0, 0.1) is 11.1 Å². The predicted octanol–water partition coefficient (Wildman–Crippen LogP) is 5.05. The van der Waals surface area contributed by atoms with E-state index in [2.05, 4.69) is 4.74 Å². The van der Waals surface area contributed by atoms with Gasteiger partial charge in [0.2, 0.25) is 0 Å². The van der Waals surface area contributed by atoms with Crippen molar-refractivity contribution < 1.29 is 59.4 Å². The number of carbonyl (C=O) groups excluding carboxylic acids is 2. The van der Waals surface area contributed by atoms with Crippen LogP contribution in [-0.2, 0) is 30.8 Å². The standard InChI is InChI=1S/C29H27Cl2F2NO11S/c1-40-22-7-6-18(10-26(22)45-46(2,38)39)28(36)42-15-27(35)43-24(11-19-20(30)12-34(37)13-21(19)31)17-5-8-23(44-29(32)33)25(9-17)41-14-16-3-4-16/h5-10,12-13,16,24,29H,3-4,11,14-15H2,1-2H3. The van der Waals surface area contributed by atoms with Gasteiger partial charge in [-0.15, -0.1) is 0 Å². The molecule has 0 amide bonds. The summed E-state index contributed by atoms with van der Waals surface area (Å²) in [6.07, 6.45) is 3.38. The molecule has 12 nitrogen and oxygen atoms in total. The monoisotopic (exact) mass is 705 g/mol. The van der Waals surface area contributed by atoms with Crippen LogP contribution in [0.15, 0.2) is 48.8 Å². The highest BCUT2D eigenvalue weighted by atomic mass is 35.5. The van der Waals surface area contributed by atoms with Gasteiger partial charge in [0.25, 0.3) is 0 Å². The summed E-state index contributed by atoms with van der Waals surface area (Å²) < 4.78 is 80.6. The van der Waals surface area contributed by atoms with Crippen LogP contribution < -0.4 is 23.1 Å². The smallest absolute Gasteiger partial charge is 0.387 e. The average Bonchev–Trinajstić information content (AvgIpc) is 3.80. The molecule has 1 heterocycles. The first-order chi connectivity index (χ1) is 21.7. The third-order valence-corrected chi connectivity index (χ3v) is 7.54. The van der Waals surface area contributed by atoms with Gasteiger partial charge in [0.05, 0.1) is 25.5 Å². The van der Waals surface area contributed by atoms with E-state index in [0.717, 1.165) is 37.6 Å². The lowest BCUT2D eigenvalue weighted by Gasteiger charge is -2.21. The summed E-state index contributed by atoms with van der Waals surface area (Å²) in [5.74, 6) is -2.30. The fraction of sp³-hybridized carbons (Fsp3) is 0.345. The Bertz CT molecular complexity index is 1680. The number of alkyl halides is 2. The zero-order valence-electron chi connectivity index (χ0n) is 24.2. The van der Waals surface area contributed by atoms with Crippen molar-refractivity contribution >= 4 is 45.3 Å². The Morgan fingerprint density at radius 1 is 1.02 bits per heavy atom. The largest absolute Gasteiger partial charge is 0.619 e. The third kappa shape index (κ3) is 9.96. The number of hydrogen-bond donors (Lipinski definition) is 0. The van der Waals surface area contributed by atoms with Gasteiger partial charge in [-0.3, -0.25) is 0 Å². The van der Waals surface area contributed by atoms with Crippen LogP contribution in [0.2, 0.25) is 10.0 Å². The molecule has 1 saturated carbocycles. The van der Waals surface area contributed by atoms with Gasteiger partial charge in [-0.2, -0.15) is 21.9 Å². The number of carbonyl (C=O) groups is 2. The molecule has 1 aliphatic carbocycles. The first-order valence-corrected chi connectivity index (χ1v) is 16.0. The van der Waals surface area contributed by atoms with E-state index in [4.69, 9.17) is 46.3 Å². The minimum Gasteiger partial charge on any atom is -0.619 e. The van der Waals surface area contributed by atoms with Gasteiger partial charge in [-0.05, 0) is 48.6 Å². The lowest BCUT2D eigenvalue weighted by Crippen LogP contribution is -2.26. The molecule has 0 aliphatic heterocycles. The highest BCUT2D eigenvalue weighted by Crippen LogP contribution is 2.38. The van der Waals surface area contributed by atoms with Crippen LogP contribution in [0.25, 0.3) is 0 Å². The Balaban J connectivity index is 1.56. The second-order valence-corrected chi connectivity index (χ2v) is 12.4. The molecule has 2 aromatic carbocycles. The molecule has 17 heteroatoms. The normalized spacial score (nSPS) is 13.5. The minimum atomic E-state index is -3.97. The van der Waals surface area contributed by atoms with Crippen molar-refractivity contribution in [3.63, 3.8) is 0 Å². The van der Waals surface area contributed by atoms with Gasteiger partial charge >= 0.3 is 28.7 Å². The molecule has 0 bridgehead atoms. The van der Waals surface area contributed by atoms with E-state index in [0.29, 0.717) is 4.73 Å². The molecular weight excluding hydrogens is 679 g/mol. The van der Waals surface area contributed by atoms with Crippen LogP contribution in [0.5, 0.6) is 23.0 Å². The quantitative estimate of drug-likeness (QED) is 0.0905. The van der Waals surface area contributed by atoms with Crippen molar-refractivity contribution in [2.24, 2.45) is 5.92 Å². The summed E-state index contributed by atoms with van der Waals surface area (Å²) >= 11 is 12.5. The summed E-state index contributed by atoms with van der Waals surface area (Å²) in [6.45, 7) is -3.76. The van der Waals surface area contributed by atoms with Crippen molar-refractivity contribution in [2.45, 2.75) is 32.0 Å². The van der Waals surface area contributed by atoms with Gasteiger partial charge < -0.3 is 33.1 Å². The maximum Gasteiger partial charge on any atom is 0.387 e. The lowest BCUT2D eigenvalue weighted by atomic mass is 10.0. The molecule has 1 aromatic heterocycles. The van der Waals surface area contributed by atoms with E-state index in [1.54, 1.807) is 0 Å². The van der Waals surface area contributed by atoms with E-state index in [1.807, 2.05) is 0 Å². The Morgan fingerprint density at radius 3 is 2.30 bits per heavy atom. The number of rotatable bonds is 15. The number of pyridine rings is 1. The first-order valence-electron chi connectivity index (χ1n) is 13.4. The van der Waals surface area contributed by atoms with E-state index >= 15 is 0 Å². The molecule has 46 heavy (non-hydrogen) atoms. The van der Waals surface area contributed by atoms with Crippen LogP contribution in [0.3, 0.4) is 0 Å². The molecule has 1 unspecified atom stereocenters. The second kappa shape index (κ2) is 15.0. The summed E-state index contributed by atoms with van der Waals surface area (Å²) in [5.41, 5.74) is 0.329. The summed E-state index contributed by atoms with van der Waals surface area (Å²) in [7, 11) is -2.70. The number of esters is 2. The molecule has 0 spiro atoms. The third-order valence-electron chi connectivity index (χ3n) is 6.41. The summed E-state index contributed by atoms with van der Waals surface area (Å²) in [6, 6.07) is 7.55. The Hall–Kier alpha value is -4.08. The molecule has 1 atom stereocenters. The van der Waals surface area contributed by atoms with Crippen molar-refractivity contribution in [2.75, 3.05) is 26.6 Å². The van der Waals surface area contributed by atoms with Gasteiger partial charge in [0.1, 0.15) is 16.1 Å². The SMILES string of the molecule is COc1ccc(C(=O)OCC(=O)OC(Cc2c(Cl)c[n+]([O-])cc2Cl)c2ccc(OC(F)F)c(OCC3CC3)c2)cc1OS(C)(=O)=O. The Morgan fingerprint density at radius 2 is 1.70 bits per heavy atom. The number of ether oxygens (including phenoxy) is 5. The molecule has 0 N–H and O–H groups in total. The Labute approximate surface area is 272 Å². The number of aromatic nitrogens is 1. The number of nitrogens with zero attached hydrogens (tertiary/aromatic N) is 1. The highest BCUT2D eigenvalue weighted by Gasteiger charge is 2.27. The molecule has 4 rings (SSSR count). The van der Waals surface area contributed by atoms with Crippen LogP contribution >= 0.6 is 23.2 Å². The zero-order chi connectivity index (χ0) is 33.6.